The molecule has 0 bridgehead atoms. The Balaban J connectivity index is 1.63. The average molecular weight is 451 g/mol. The lowest BCUT2D eigenvalue weighted by atomic mass is 10.2. The molecule has 0 atom stereocenters. The lowest BCUT2D eigenvalue weighted by Gasteiger charge is -2.13. The Morgan fingerprint density at radius 3 is 2.47 bits per heavy atom. The molecule has 0 radical (unpaired) electrons. The van der Waals surface area contributed by atoms with E-state index in [1.165, 1.54) is 16.4 Å². The number of nitrogens with zero attached hydrogens (tertiary/aromatic N) is 4. The fraction of sp³-hybridized carbons (Fsp3) is 0.182. The number of aromatic nitrogens is 4. The van der Waals surface area contributed by atoms with Crippen molar-refractivity contribution >= 4 is 45.9 Å². The van der Waals surface area contributed by atoms with Crippen LogP contribution in [0.25, 0.3) is 10.9 Å². The predicted octanol–water partition coefficient (Wildman–Crippen LogP) is 3.91. The van der Waals surface area contributed by atoms with E-state index in [0.29, 0.717) is 34.0 Å². The second kappa shape index (κ2) is 9.15. The van der Waals surface area contributed by atoms with Crippen LogP contribution in [0.2, 0.25) is 0 Å². The number of benzene rings is 2. The lowest BCUT2D eigenvalue weighted by Crippen LogP contribution is -2.16. The highest BCUT2D eigenvalue weighted by molar-refractivity contribution is 7.99. The van der Waals surface area contributed by atoms with Gasteiger partial charge in [-0.1, -0.05) is 23.9 Å². The van der Waals surface area contributed by atoms with Crippen LogP contribution in [-0.4, -0.2) is 45.6 Å². The van der Waals surface area contributed by atoms with Gasteiger partial charge in [0.05, 0.1) is 25.5 Å². The number of nitrogens with two attached hydrogens (primary N) is 1. The van der Waals surface area contributed by atoms with Gasteiger partial charge in [0, 0.05) is 41.0 Å². The Hall–Kier alpha value is -3.79. The number of ether oxygens (including phenoxy) is 2. The number of thioether (sulfide) groups is 1. The average Bonchev–Trinajstić information content (AvgIpc) is 3.15. The first-order valence-electron chi connectivity index (χ1n) is 9.72. The van der Waals surface area contributed by atoms with Crippen LogP contribution in [0.15, 0.2) is 53.7 Å². The molecule has 164 valence electrons. The minimum atomic E-state index is -0.201. The predicted molar refractivity (Wildman–Crippen MR) is 125 cm³/mol. The van der Waals surface area contributed by atoms with Crippen LogP contribution in [0.1, 0.15) is 10.5 Å². The number of hydrogen-bond donors (Lipinski definition) is 2. The molecule has 0 unspecified atom stereocenters. The number of hydrogen-bond acceptors (Lipinski definition) is 9. The summed E-state index contributed by atoms with van der Waals surface area (Å²) < 4.78 is 12.0. The molecule has 0 amide bonds. The van der Waals surface area contributed by atoms with E-state index >= 15 is 0 Å². The maximum atomic E-state index is 12.6. The molecule has 0 saturated carbocycles. The zero-order chi connectivity index (χ0) is 22.7. The number of fused-ring (bicyclic) bond motifs is 1. The quantitative estimate of drug-likeness (QED) is 0.319. The molecule has 2 heterocycles. The third kappa shape index (κ3) is 4.59. The minimum Gasteiger partial charge on any atom is -0.497 e. The number of methoxy groups -OCH3 is 2. The normalized spacial score (nSPS) is 10.8. The summed E-state index contributed by atoms with van der Waals surface area (Å²) >= 11 is 1.23. The van der Waals surface area contributed by atoms with Crippen LogP contribution < -0.4 is 20.5 Å². The van der Waals surface area contributed by atoms with Gasteiger partial charge in [0.1, 0.15) is 23.1 Å². The molecule has 0 aliphatic rings. The van der Waals surface area contributed by atoms with Gasteiger partial charge in [-0.3, -0.25) is 4.79 Å². The van der Waals surface area contributed by atoms with E-state index in [-0.39, 0.29) is 11.7 Å². The number of nitrogens with one attached hydrogen (secondary N) is 1. The highest BCUT2D eigenvalue weighted by atomic mass is 32.2. The first kappa shape index (κ1) is 21.4. The zero-order valence-electron chi connectivity index (χ0n) is 17.8. The molecule has 4 aromatic rings. The molecule has 4 rings (SSSR count). The number of nitrogen functional groups attached to an aromatic ring is 1. The summed E-state index contributed by atoms with van der Waals surface area (Å²) in [5.74, 6) is 2.14. The van der Waals surface area contributed by atoms with Crippen molar-refractivity contribution in [2.45, 2.75) is 12.1 Å². The monoisotopic (exact) mass is 450 g/mol. The molecule has 2 aromatic heterocycles. The van der Waals surface area contributed by atoms with Crippen molar-refractivity contribution < 1.29 is 14.3 Å². The summed E-state index contributed by atoms with van der Waals surface area (Å²) in [6.07, 6.45) is 0. The van der Waals surface area contributed by atoms with Crippen LogP contribution in [0.4, 0.5) is 17.3 Å². The van der Waals surface area contributed by atoms with E-state index in [0.717, 1.165) is 16.6 Å². The number of carbonyl (C=O) groups is 1. The molecule has 0 spiro atoms. The first-order chi connectivity index (χ1) is 15.5. The van der Waals surface area contributed by atoms with Crippen LogP contribution in [0.5, 0.6) is 11.5 Å². The summed E-state index contributed by atoms with van der Waals surface area (Å²) in [6.45, 7) is 1.78. The number of anilines is 3. The van der Waals surface area contributed by atoms with Gasteiger partial charge in [-0.05, 0) is 19.1 Å². The standard InChI is InChI=1S/C22H22N6O3S/c1-13-8-19(23)27-28(13)20(29)12-32-22-25-18-7-5-4-6-17(18)21(26-22)24-14-9-15(30-2)11-16(10-14)31-3/h4-11H,12H2,1-3H3,(H2,23,27)(H,24,25,26). The molecule has 0 saturated heterocycles. The Morgan fingerprint density at radius 2 is 1.81 bits per heavy atom. The molecule has 0 aliphatic carbocycles. The maximum Gasteiger partial charge on any atom is 0.257 e. The molecule has 0 fully saturated rings. The van der Waals surface area contributed by atoms with Crippen LogP contribution in [-0.2, 0) is 0 Å². The van der Waals surface area contributed by atoms with Crippen molar-refractivity contribution in [3.63, 3.8) is 0 Å². The Bertz CT molecular complexity index is 1270. The number of para-hydroxylation sites is 1. The fourth-order valence-electron chi connectivity index (χ4n) is 3.17. The number of aryl methyl sites for hydroxylation is 1. The third-order valence-corrected chi connectivity index (χ3v) is 5.50. The van der Waals surface area contributed by atoms with E-state index in [9.17, 15) is 4.79 Å². The van der Waals surface area contributed by atoms with E-state index in [4.69, 9.17) is 15.2 Å². The molecule has 10 heteroatoms. The molecular weight excluding hydrogens is 428 g/mol. The highest BCUT2D eigenvalue weighted by Crippen LogP contribution is 2.31. The summed E-state index contributed by atoms with van der Waals surface area (Å²) in [5, 5.41) is 8.67. The van der Waals surface area contributed by atoms with E-state index in [2.05, 4.69) is 20.4 Å². The summed E-state index contributed by atoms with van der Waals surface area (Å²) in [5.41, 5.74) is 7.87. The number of carbonyl (C=O) groups excluding carboxylic acids is 1. The van der Waals surface area contributed by atoms with Gasteiger partial charge < -0.3 is 20.5 Å². The van der Waals surface area contributed by atoms with Gasteiger partial charge in [0.2, 0.25) is 0 Å². The van der Waals surface area contributed by atoms with Crippen LogP contribution >= 0.6 is 11.8 Å². The summed E-state index contributed by atoms with van der Waals surface area (Å²) in [6, 6.07) is 14.8. The highest BCUT2D eigenvalue weighted by Gasteiger charge is 2.14. The van der Waals surface area contributed by atoms with E-state index < -0.39 is 0 Å². The van der Waals surface area contributed by atoms with Crippen molar-refractivity contribution in [2.75, 3.05) is 31.0 Å². The zero-order valence-corrected chi connectivity index (χ0v) is 18.6. The Labute approximate surface area is 188 Å². The van der Waals surface area contributed by atoms with Gasteiger partial charge in [-0.2, -0.15) is 0 Å². The minimum absolute atomic E-state index is 0.118. The molecule has 2 aromatic carbocycles. The van der Waals surface area contributed by atoms with Crippen molar-refractivity contribution in [2.24, 2.45) is 0 Å². The molecule has 0 aliphatic heterocycles. The maximum absolute atomic E-state index is 12.6. The number of rotatable bonds is 7. The molecular formula is C22H22N6O3S. The molecule has 9 nitrogen and oxygen atoms in total. The molecule has 32 heavy (non-hydrogen) atoms. The van der Waals surface area contributed by atoms with E-state index in [1.54, 1.807) is 33.3 Å². The smallest absolute Gasteiger partial charge is 0.257 e. The van der Waals surface area contributed by atoms with Gasteiger partial charge in [0.15, 0.2) is 5.16 Å². The van der Waals surface area contributed by atoms with Crippen LogP contribution in [0, 0.1) is 6.92 Å². The summed E-state index contributed by atoms with van der Waals surface area (Å²) in [4.78, 5) is 21.8. The lowest BCUT2D eigenvalue weighted by molar-refractivity contribution is 0.0924. The van der Waals surface area contributed by atoms with Gasteiger partial charge in [-0.25, -0.2) is 14.6 Å². The van der Waals surface area contributed by atoms with Crippen molar-refractivity contribution in [3.05, 3.63) is 54.2 Å². The second-order valence-electron chi connectivity index (χ2n) is 6.90. The summed E-state index contributed by atoms with van der Waals surface area (Å²) in [7, 11) is 3.19. The first-order valence-corrected chi connectivity index (χ1v) is 10.7. The Kier molecular flexibility index (Phi) is 6.13. The van der Waals surface area contributed by atoms with Crippen molar-refractivity contribution in [1.82, 2.24) is 19.7 Å². The molecule has 3 N–H and O–H groups in total. The van der Waals surface area contributed by atoms with Gasteiger partial charge in [-0.15, -0.1) is 5.10 Å². The largest absolute Gasteiger partial charge is 0.497 e. The fourth-order valence-corrected chi connectivity index (χ4v) is 3.86. The topological polar surface area (TPSA) is 117 Å². The Morgan fingerprint density at radius 1 is 1.09 bits per heavy atom. The SMILES string of the molecule is COc1cc(Nc2nc(SCC(=O)n3nc(N)cc3C)nc3ccccc23)cc(OC)c1. The van der Waals surface area contributed by atoms with Gasteiger partial charge in [0.25, 0.3) is 5.91 Å². The van der Waals surface area contributed by atoms with Gasteiger partial charge >= 0.3 is 0 Å². The van der Waals surface area contributed by atoms with Crippen molar-refractivity contribution in [1.29, 1.82) is 0 Å². The third-order valence-electron chi connectivity index (χ3n) is 4.66. The van der Waals surface area contributed by atoms with Crippen LogP contribution in [0.3, 0.4) is 0 Å². The second-order valence-corrected chi connectivity index (χ2v) is 7.85. The van der Waals surface area contributed by atoms with E-state index in [1.807, 2.05) is 36.4 Å². The van der Waals surface area contributed by atoms with Crippen molar-refractivity contribution in [3.8, 4) is 11.5 Å².